The number of anilines is 3. The molecule has 0 saturated carbocycles. The number of rotatable bonds is 5. The summed E-state index contributed by atoms with van der Waals surface area (Å²) >= 11 is 0. The van der Waals surface area contributed by atoms with Gasteiger partial charge in [0.1, 0.15) is 0 Å². The van der Waals surface area contributed by atoms with Crippen LogP contribution in [0.5, 0.6) is 0 Å². The van der Waals surface area contributed by atoms with Gasteiger partial charge < -0.3 is 14.9 Å². The van der Waals surface area contributed by atoms with Gasteiger partial charge in [-0.3, -0.25) is 0 Å². The summed E-state index contributed by atoms with van der Waals surface area (Å²) in [6.07, 6.45) is 0. The van der Waals surface area contributed by atoms with Crippen molar-refractivity contribution in [2.45, 2.75) is 0 Å². The summed E-state index contributed by atoms with van der Waals surface area (Å²) in [6, 6.07) is 40.4. The number of hydrogen-bond acceptors (Lipinski definition) is 3. The van der Waals surface area contributed by atoms with Crippen molar-refractivity contribution >= 4 is 40.4 Å². The third-order valence-electron chi connectivity index (χ3n) is 5.70. The molecule has 154 valence electrons. The van der Waals surface area contributed by atoms with Crippen molar-refractivity contribution in [2.24, 2.45) is 0 Å². The fourth-order valence-electron chi connectivity index (χ4n) is 4.18. The fourth-order valence-corrected chi connectivity index (χ4v) is 4.18. The lowest BCUT2D eigenvalue weighted by Gasteiger charge is -2.27. The van der Waals surface area contributed by atoms with Crippen LogP contribution in [0.15, 0.2) is 121 Å². The lowest BCUT2D eigenvalue weighted by atomic mass is 9.78. The summed E-state index contributed by atoms with van der Waals surface area (Å²) in [7, 11) is -1.56. The monoisotopic (exact) mass is 415 g/mol. The van der Waals surface area contributed by atoms with Crippen LogP contribution >= 0.6 is 0 Å². The van der Waals surface area contributed by atoms with E-state index >= 15 is 0 Å². The van der Waals surface area contributed by atoms with Crippen molar-refractivity contribution in [3.8, 4) is 11.1 Å². The Kier molecular flexibility index (Phi) is 5.47. The maximum atomic E-state index is 9.97. The van der Waals surface area contributed by atoms with E-state index in [1.165, 1.54) is 16.3 Å². The summed E-state index contributed by atoms with van der Waals surface area (Å²) in [5.41, 5.74) is 5.38. The largest absolute Gasteiger partial charge is 0.490 e. The molecule has 0 atom stereocenters. The SMILES string of the molecule is OB(O)c1ccccc1N(c1ccccc1)c1ccc(-c2cccc3ccccc23)cc1. The molecular formula is C28H22BNO2. The first-order chi connectivity index (χ1) is 15.7. The lowest BCUT2D eigenvalue weighted by Crippen LogP contribution is -2.34. The Hall–Kier alpha value is -3.86. The Labute approximate surface area is 188 Å². The van der Waals surface area contributed by atoms with Crippen LogP contribution < -0.4 is 10.4 Å². The average Bonchev–Trinajstić information content (AvgIpc) is 2.85. The van der Waals surface area contributed by atoms with Gasteiger partial charge in [-0.25, -0.2) is 0 Å². The summed E-state index contributed by atoms with van der Waals surface area (Å²) in [4.78, 5) is 2.04. The maximum absolute atomic E-state index is 9.97. The Balaban J connectivity index is 1.62. The van der Waals surface area contributed by atoms with E-state index in [0.717, 1.165) is 22.6 Å². The van der Waals surface area contributed by atoms with Crippen LogP contribution in [0, 0.1) is 0 Å². The lowest BCUT2D eigenvalue weighted by molar-refractivity contribution is 0.426. The third-order valence-corrected chi connectivity index (χ3v) is 5.70. The van der Waals surface area contributed by atoms with Gasteiger partial charge in [-0.15, -0.1) is 0 Å². The van der Waals surface area contributed by atoms with Gasteiger partial charge in [0.2, 0.25) is 0 Å². The second-order valence-electron chi connectivity index (χ2n) is 7.68. The van der Waals surface area contributed by atoms with Crippen molar-refractivity contribution < 1.29 is 10.0 Å². The highest BCUT2D eigenvalue weighted by Gasteiger charge is 2.21. The minimum absolute atomic E-state index is 0.453. The number of para-hydroxylation sites is 2. The van der Waals surface area contributed by atoms with Crippen molar-refractivity contribution in [3.63, 3.8) is 0 Å². The summed E-state index contributed by atoms with van der Waals surface area (Å²) in [5.74, 6) is 0. The molecule has 0 fully saturated rings. The molecule has 0 saturated heterocycles. The highest BCUT2D eigenvalue weighted by atomic mass is 16.4. The molecule has 5 aromatic carbocycles. The fraction of sp³-hybridized carbons (Fsp3) is 0. The number of hydrogen-bond donors (Lipinski definition) is 2. The highest BCUT2D eigenvalue weighted by molar-refractivity contribution is 6.60. The van der Waals surface area contributed by atoms with E-state index in [0.29, 0.717) is 5.46 Å². The van der Waals surface area contributed by atoms with E-state index in [9.17, 15) is 10.0 Å². The second-order valence-corrected chi connectivity index (χ2v) is 7.68. The molecule has 0 aliphatic heterocycles. The minimum Gasteiger partial charge on any atom is -0.423 e. The van der Waals surface area contributed by atoms with E-state index in [4.69, 9.17) is 0 Å². The Bertz CT molecular complexity index is 1350. The first kappa shape index (κ1) is 20.1. The molecule has 0 radical (unpaired) electrons. The summed E-state index contributed by atoms with van der Waals surface area (Å²) < 4.78 is 0. The Morgan fingerprint density at radius 1 is 0.531 bits per heavy atom. The Morgan fingerprint density at radius 3 is 1.94 bits per heavy atom. The second kappa shape index (κ2) is 8.71. The number of fused-ring (bicyclic) bond motifs is 1. The molecule has 0 aromatic heterocycles. The van der Waals surface area contributed by atoms with E-state index in [-0.39, 0.29) is 0 Å². The zero-order chi connectivity index (χ0) is 21.9. The van der Waals surface area contributed by atoms with Crippen LogP contribution in [0.2, 0.25) is 0 Å². The topological polar surface area (TPSA) is 43.7 Å². The van der Waals surface area contributed by atoms with Crippen LogP contribution in [0.1, 0.15) is 0 Å². The van der Waals surface area contributed by atoms with Gasteiger partial charge in [-0.1, -0.05) is 91.0 Å². The molecule has 5 aromatic rings. The van der Waals surface area contributed by atoms with Gasteiger partial charge in [0.05, 0.1) is 0 Å². The predicted octanol–water partition coefficient (Wildman–Crippen LogP) is 5.66. The van der Waals surface area contributed by atoms with Gasteiger partial charge in [0.25, 0.3) is 0 Å². The minimum atomic E-state index is -1.56. The van der Waals surface area contributed by atoms with Gasteiger partial charge in [0.15, 0.2) is 0 Å². The van der Waals surface area contributed by atoms with Gasteiger partial charge >= 0.3 is 7.12 Å². The van der Waals surface area contributed by atoms with E-state index in [1.807, 2.05) is 53.4 Å². The molecule has 0 heterocycles. The quantitative estimate of drug-likeness (QED) is 0.364. The van der Waals surface area contributed by atoms with Crippen molar-refractivity contribution in [2.75, 3.05) is 4.90 Å². The van der Waals surface area contributed by atoms with Gasteiger partial charge in [-0.2, -0.15) is 0 Å². The van der Waals surface area contributed by atoms with E-state index in [1.54, 1.807) is 6.07 Å². The first-order valence-electron chi connectivity index (χ1n) is 10.6. The van der Waals surface area contributed by atoms with Gasteiger partial charge in [0, 0.05) is 22.5 Å². The molecule has 0 bridgehead atoms. The molecule has 5 rings (SSSR count). The van der Waals surface area contributed by atoms with Crippen molar-refractivity contribution in [3.05, 3.63) is 121 Å². The third kappa shape index (κ3) is 3.78. The molecule has 3 nitrogen and oxygen atoms in total. The average molecular weight is 415 g/mol. The zero-order valence-electron chi connectivity index (χ0n) is 17.5. The van der Waals surface area contributed by atoms with Crippen LogP contribution in [-0.2, 0) is 0 Å². The van der Waals surface area contributed by atoms with Crippen LogP contribution in [-0.4, -0.2) is 17.2 Å². The normalized spacial score (nSPS) is 10.8. The van der Waals surface area contributed by atoms with Crippen LogP contribution in [0.4, 0.5) is 17.1 Å². The molecule has 0 spiro atoms. The molecular weight excluding hydrogens is 393 g/mol. The zero-order valence-corrected chi connectivity index (χ0v) is 17.5. The van der Waals surface area contributed by atoms with Gasteiger partial charge in [-0.05, 0) is 52.2 Å². The molecule has 0 aliphatic carbocycles. The molecule has 32 heavy (non-hydrogen) atoms. The Morgan fingerprint density at radius 2 is 1.16 bits per heavy atom. The van der Waals surface area contributed by atoms with E-state index < -0.39 is 7.12 Å². The van der Waals surface area contributed by atoms with E-state index in [2.05, 4.69) is 66.7 Å². The first-order valence-corrected chi connectivity index (χ1v) is 10.6. The maximum Gasteiger partial charge on any atom is 0.490 e. The number of benzene rings is 5. The molecule has 0 aliphatic rings. The molecule has 2 N–H and O–H groups in total. The van der Waals surface area contributed by atoms with Crippen LogP contribution in [0.3, 0.4) is 0 Å². The molecule has 0 amide bonds. The summed E-state index contributed by atoms with van der Waals surface area (Å²) in [5, 5.41) is 22.4. The summed E-state index contributed by atoms with van der Waals surface area (Å²) in [6.45, 7) is 0. The van der Waals surface area contributed by atoms with Crippen molar-refractivity contribution in [1.29, 1.82) is 0 Å². The predicted molar refractivity (Wildman–Crippen MR) is 134 cm³/mol. The molecule has 4 heteroatoms. The standard InChI is InChI=1S/C28H22BNO2/c31-29(32)27-15-6-7-16-28(27)30(23-11-2-1-3-12-23)24-19-17-22(18-20-24)26-14-8-10-21-9-4-5-13-25(21)26/h1-20,31-32H. The molecule has 0 unspecified atom stereocenters. The number of nitrogens with zero attached hydrogens (tertiary/aromatic N) is 1. The smallest absolute Gasteiger partial charge is 0.423 e. The van der Waals surface area contributed by atoms with Crippen molar-refractivity contribution in [1.82, 2.24) is 0 Å². The highest BCUT2D eigenvalue weighted by Crippen LogP contribution is 2.36. The van der Waals surface area contributed by atoms with Crippen LogP contribution in [0.25, 0.3) is 21.9 Å².